The van der Waals surface area contributed by atoms with Gasteiger partial charge in [0, 0.05) is 13.2 Å². The fourth-order valence-electron chi connectivity index (χ4n) is 1.84. The molecule has 0 saturated carbocycles. The van der Waals surface area contributed by atoms with E-state index in [0.717, 1.165) is 32.4 Å². The molecule has 0 aliphatic carbocycles. The Balaban J connectivity index is 1.84. The zero-order valence-electron chi connectivity index (χ0n) is 9.17. The molecule has 1 heterocycles. The molecule has 0 spiro atoms. The molecule has 2 atom stereocenters. The van der Waals surface area contributed by atoms with Crippen LogP contribution >= 0.6 is 0 Å². The summed E-state index contributed by atoms with van der Waals surface area (Å²) in [6.45, 7) is 4.50. The number of hydrogen-bond acceptors (Lipinski definition) is 3. The van der Waals surface area contributed by atoms with Gasteiger partial charge in [-0.3, -0.25) is 0 Å². The molecule has 0 bridgehead atoms. The Labute approximate surface area is 86.8 Å². The van der Waals surface area contributed by atoms with Crippen LogP contribution in [0.4, 0.5) is 0 Å². The van der Waals surface area contributed by atoms with Gasteiger partial charge in [-0.2, -0.15) is 0 Å². The summed E-state index contributed by atoms with van der Waals surface area (Å²) < 4.78 is 5.69. The molecule has 2 N–H and O–H groups in total. The largest absolute Gasteiger partial charge is 0.396 e. The highest BCUT2D eigenvalue weighted by atomic mass is 16.5. The van der Waals surface area contributed by atoms with Crippen LogP contribution in [-0.4, -0.2) is 37.0 Å². The van der Waals surface area contributed by atoms with Gasteiger partial charge in [-0.1, -0.05) is 0 Å². The molecule has 1 rings (SSSR count). The van der Waals surface area contributed by atoms with Crippen molar-refractivity contribution in [3.05, 3.63) is 0 Å². The predicted molar refractivity (Wildman–Crippen MR) is 57.4 cm³/mol. The minimum atomic E-state index is 0.323. The Morgan fingerprint density at radius 1 is 1.29 bits per heavy atom. The van der Waals surface area contributed by atoms with Crippen molar-refractivity contribution in [1.29, 1.82) is 0 Å². The lowest BCUT2D eigenvalue weighted by Crippen LogP contribution is -2.27. The number of ether oxygens (including phenoxy) is 1. The van der Waals surface area contributed by atoms with E-state index in [-0.39, 0.29) is 0 Å². The van der Waals surface area contributed by atoms with Crippen LogP contribution in [-0.2, 0) is 4.74 Å². The summed E-state index contributed by atoms with van der Waals surface area (Å²) in [7, 11) is 0. The average molecular weight is 201 g/mol. The second-order valence-electron chi connectivity index (χ2n) is 4.13. The molecule has 1 aliphatic heterocycles. The maximum atomic E-state index is 8.58. The lowest BCUT2D eigenvalue weighted by atomic mass is 10.2. The summed E-state index contributed by atoms with van der Waals surface area (Å²) in [5.41, 5.74) is 0. The maximum absolute atomic E-state index is 8.58. The van der Waals surface area contributed by atoms with E-state index in [2.05, 4.69) is 12.2 Å². The summed E-state index contributed by atoms with van der Waals surface area (Å²) in [6, 6.07) is 0. The number of rotatable bonds is 7. The lowest BCUT2D eigenvalue weighted by Gasteiger charge is -2.11. The molecule has 3 heteroatoms. The molecule has 0 aromatic carbocycles. The normalized spacial score (nSPS) is 27.0. The van der Waals surface area contributed by atoms with E-state index in [0.29, 0.717) is 18.8 Å². The summed E-state index contributed by atoms with van der Waals surface area (Å²) in [6.07, 6.45) is 6.49. The van der Waals surface area contributed by atoms with Crippen LogP contribution < -0.4 is 5.32 Å². The van der Waals surface area contributed by atoms with Crippen molar-refractivity contribution < 1.29 is 9.84 Å². The quantitative estimate of drug-likeness (QED) is 0.610. The van der Waals surface area contributed by atoms with Gasteiger partial charge in [-0.05, 0) is 45.6 Å². The van der Waals surface area contributed by atoms with Gasteiger partial charge in [0.1, 0.15) is 0 Å². The Hall–Kier alpha value is -0.120. The average Bonchev–Trinajstić information content (AvgIpc) is 2.58. The van der Waals surface area contributed by atoms with Crippen molar-refractivity contribution in [2.75, 3.05) is 19.7 Å². The Bertz CT molecular complexity index is 141. The smallest absolute Gasteiger partial charge is 0.0704 e. The van der Waals surface area contributed by atoms with Crippen molar-refractivity contribution in [1.82, 2.24) is 5.32 Å². The molecule has 14 heavy (non-hydrogen) atoms. The topological polar surface area (TPSA) is 41.5 Å². The SMILES string of the molecule is CC1CCC(CNCCCCCO)O1. The van der Waals surface area contributed by atoms with Gasteiger partial charge in [-0.25, -0.2) is 0 Å². The van der Waals surface area contributed by atoms with E-state index in [1.54, 1.807) is 0 Å². The number of unbranched alkanes of at least 4 members (excludes halogenated alkanes) is 2. The van der Waals surface area contributed by atoms with Gasteiger partial charge in [0.25, 0.3) is 0 Å². The van der Waals surface area contributed by atoms with E-state index in [4.69, 9.17) is 9.84 Å². The van der Waals surface area contributed by atoms with Crippen molar-refractivity contribution in [3.63, 3.8) is 0 Å². The van der Waals surface area contributed by atoms with Crippen LogP contribution in [0.1, 0.15) is 39.0 Å². The predicted octanol–water partition coefficient (Wildman–Crippen LogP) is 1.31. The molecule has 0 radical (unpaired) electrons. The second-order valence-corrected chi connectivity index (χ2v) is 4.13. The molecule has 3 nitrogen and oxygen atoms in total. The number of hydrogen-bond donors (Lipinski definition) is 2. The minimum absolute atomic E-state index is 0.323. The highest BCUT2D eigenvalue weighted by Crippen LogP contribution is 2.17. The Morgan fingerprint density at radius 2 is 2.14 bits per heavy atom. The maximum Gasteiger partial charge on any atom is 0.0704 e. The first-order chi connectivity index (χ1) is 6.83. The van der Waals surface area contributed by atoms with Gasteiger partial charge >= 0.3 is 0 Å². The van der Waals surface area contributed by atoms with Gasteiger partial charge in [0.2, 0.25) is 0 Å². The first-order valence-electron chi connectivity index (χ1n) is 5.80. The van der Waals surface area contributed by atoms with Crippen molar-refractivity contribution in [3.8, 4) is 0 Å². The number of aliphatic hydroxyl groups is 1. The Kier molecular flexibility index (Phi) is 6.15. The highest BCUT2D eigenvalue weighted by molar-refractivity contribution is 4.72. The zero-order valence-corrected chi connectivity index (χ0v) is 9.17. The molecule has 84 valence electrons. The van der Waals surface area contributed by atoms with Crippen LogP contribution in [0.5, 0.6) is 0 Å². The molecule has 1 saturated heterocycles. The standard InChI is InChI=1S/C11H23NO2/c1-10-5-6-11(14-10)9-12-7-3-2-4-8-13/h10-13H,2-9H2,1H3. The fraction of sp³-hybridized carbons (Fsp3) is 1.00. The summed E-state index contributed by atoms with van der Waals surface area (Å²) >= 11 is 0. The van der Waals surface area contributed by atoms with Crippen molar-refractivity contribution >= 4 is 0 Å². The first-order valence-corrected chi connectivity index (χ1v) is 5.80. The van der Waals surface area contributed by atoms with E-state index in [1.807, 2.05) is 0 Å². The third kappa shape index (κ3) is 4.94. The molecule has 0 amide bonds. The monoisotopic (exact) mass is 201 g/mol. The number of nitrogens with one attached hydrogen (secondary N) is 1. The molecule has 1 fully saturated rings. The van der Waals surface area contributed by atoms with Gasteiger partial charge in [-0.15, -0.1) is 0 Å². The van der Waals surface area contributed by atoms with Crippen LogP contribution in [0.15, 0.2) is 0 Å². The molecular formula is C11H23NO2. The van der Waals surface area contributed by atoms with Crippen LogP contribution in [0.2, 0.25) is 0 Å². The van der Waals surface area contributed by atoms with Gasteiger partial charge < -0.3 is 15.2 Å². The summed E-state index contributed by atoms with van der Waals surface area (Å²) in [4.78, 5) is 0. The van der Waals surface area contributed by atoms with Gasteiger partial charge in [0.05, 0.1) is 12.2 Å². The summed E-state index contributed by atoms with van der Waals surface area (Å²) in [5.74, 6) is 0. The van der Waals surface area contributed by atoms with E-state index >= 15 is 0 Å². The molecule has 0 aromatic heterocycles. The van der Waals surface area contributed by atoms with E-state index in [1.165, 1.54) is 12.8 Å². The third-order valence-corrected chi connectivity index (χ3v) is 2.70. The van der Waals surface area contributed by atoms with E-state index < -0.39 is 0 Å². The molecule has 2 unspecified atom stereocenters. The highest BCUT2D eigenvalue weighted by Gasteiger charge is 2.20. The van der Waals surface area contributed by atoms with Crippen LogP contribution in [0.3, 0.4) is 0 Å². The lowest BCUT2D eigenvalue weighted by molar-refractivity contribution is 0.0561. The van der Waals surface area contributed by atoms with Crippen molar-refractivity contribution in [2.24, 2.45) is 0 Å². The number of aliphatic hydroxyl groups excluding tert-OH is 1. The van der Waals surface area contributed by atoms with Gasteiger partial charge in [0.15, 0.2) is 0 Å². The second kappa shape index (κ2) is 7.21. The van der Waals surface area contributed by atoms with Crippen molar-refractivity contribution in [2.45, 2.75) is 51.2 Å². The zero-order chi connectivity index (χ0) is 10.2. The fourth-order valence-corrected chi connectivity index (χ4v) is 1.84. The molecular weight excluding hydrogens is 178 g/mol. The van der Waals surface area contributed by atoms with Crippen LogP contribution in [0.25, 0.3) is 0 Å². The Morgan fingerprint density at radius 3 is 2.79 bits per heavy atom. The third-order valence-electron chi connectivity index (χ3n) is 2.70. The van der Waals surface area contributed by atoms with Crippen LogP contribution in [0, 0.1) is 0 Å². The molecule has 1 aliphatic rings. The first kappa shape index (κ1) is 12.0. The minimum Gasteiger partial charge on any atom is -0.396 e. The molecule has 0 aromatic rings. The summed E-state index contributed by atoms with van der Waals surface area (Å²) in [5, 5.41) is 12.0. The van der Waals surface area contributed by atoms with E-state index in [9.17, 15) is 0 Å².